The Morgan fingerprint density at radius 3 is 1.92 bits per heavy atom. The van der Waals surface area contributed by atoms with E-state index < -0.39 is 0 Å². The maximum atomic E-state index is 5.85. The molecule has 5 heteroatoms. The van der Waals surface area contributed by atoms with Crippen LogP contribution in [0.4, 0.5) is 11.4 Å². The number of nitrogens with zero attached hydrogens (tertiary/aromatic N) is 4. The molecule has 0 spiro atoms. The minimum atomic E-state index is 0.492. The molecule has 25 heavy (non-hydrogen) atoms. The van der Waals surface area contributed by atoms with Crippen LogP contribution in [0.15, 0.2) is 89.6 Å². The minimum absolute atomic E-state index is 0.492. The molecule has 0 bridgehead atoms. The SMILES string of the molecule is c1ccc(N(Cc2nnc(-c3ccncc3)o2)c2ccccc2)cc1. The molecule has 0 fully saturated rings. The van der Waals surface area contributed by atoms with Crippen LogP contribution in [0.25, 0.3) is 11.5 Å². The van der Waals surface area contributed by atoms with Gasteiger partial charge in [-0.2, -0.15) is 0 Å². The summed E-state index contributed by atoms with van der Waals surface area (Å²) in [6.45, 7) is 0.492. The fourth-order valence-electron chi connectivity index (χ4n) is 2.61. The monoisotopic (exact) mass is 328 g/mol. The van der Waals surface area contributed by atoms with Crippen molar-refractivity contribution in [3.05, 3.63) is 91.1 Å². The maximum Gasteiger partial charge on any atom is 0.247 e. The number of hydrogen-bond donors (Lipinski definition) is 0. The van der Waals surface area contributed by atoms with E-state index in [1.807, 2.05) is 48.5 Å². The molecule has 4 aromatic rings. The van der Waals surface area contributed by atoms with Gasteiger partial charge in [0.15, 0.2) is 0 Å². The van der Waals surface area contributed by atoms with Crippen molar-refractivity contribution in [3.63, 3.8) is 0 Å². The van der Waals surface area contributed by atoms with Gasteiger partial charge in [0.2, 0.25) is 11.8 Å². The standard InChI is InChI=1S/C20H16N4O/c1-3-7-17(8-4-1)24(18-9-5-2-6-10-18)15-19-22-23-20(25-19)16-11-13-21-14-12-16/h1-14H,15H2. The summed E-state index contributed by atoms with van der Waals surface area (Å²) in [5.74, 6) is 1.05. The van der Waals surface area contributed by atoms with E-state index >= 15 is 0 Å². The van der Waals surface area contributed by atoms with Gasteiger partial charge in [-0.15, -0.1) is 10.2 Å². The first kappa shape index (κ1) is 15.1. The summed E-state index contributed by atoms with van der Waals surface area (Å²) in [6, 6.07) is 24.0. The molecule has 0 unspecified atom stereocenters. The van der Waals surface area contributed by atoms with Gasteiger partial charge >= 0.3 is 0 Å². The quantitative estimate of drug-likeness (QED) is 0.541. The lowest BCUT2D eigenvalue weighted by Crippen LogP contribution is -2.16. The Morgan fingerprint density at radius 2 is 1.32 bits per heavy atom. The molecule has 0 aliphatic carbocycles. The summed E-state index contributed by atoms with van der Waals surface area (Å²) >= 11 is 0. The van der Waals surface area contributed by atoms with Gasteiger partial charge < -0.3 is 9.32 Å². The van der Waals surface area contributed by atoms with Crippen molar-refractivity contribution in [2.75, 3.05) is 4.90 Å². The molecule has 0 atom stereocenters. The summed E-state index contributed by atoms with van der Waals surface area (Å²) in [5.41, 5.74) is 2.99. The van der Waals surface area contributed by atoms with Crippen molar-refractivity contribution >= 4 is 11.4 Å². The molecule has 0 aliphatic heterocycles. The molecule has 0 N–H and O–H groups in total. The van der Waals surface area contributed by atoms with Crippen LogP contribution in [0.1, 0.15) is 5.89 Å². The smallest absolute Gasteiger partial charge is 0.247 e. The summed E-state index contributed by atoms with van der Waals surface area (Å²) in [7, 11) is 0. The van der Waals surface area contributed by atoms with Crippen molar-refractivity contribution < 1.29 is 4.42 Å². The second-order valence-corrected chi connectivity index (χ2v) is 5.49. The minimum Gasteiger partial charge on any atom is -0.419 e. The fourth-order valence-corrected chi connectivity index (χ4v) is 2.61. The van der Waals surface area contributed by atoms with E-state index in [-0.39, 0.29) is 0 Å². The predicted molar refractivity (Wildman–Crippen MR) is 96.3 cm³/mol. The topological polar surface area (TPSA) is 55.1 Å². The molecule has 0 radical (unpaired) electrons. The second-order valence-electron chi connectivity index (χ2n) is 5.49. The predicted octanol–water partition coefficient (Wildman–Crippen LogP) is 4.47. The van der Waals surface area contributed by atoms with Gasteiger partial charge in [-0.1, -0.05) is 36.4 Å². The van der Waals surface area contributed by atoms with Crippen LogP contribution in [0.3, 0.4) is 0 Å². The van der Waals surface area contributed by atoms with Crippen molar-refractivity contribution in [1.29, 1.82) is 0 Å². The van der Waals surface area contributed by atoms with Gasteiger partial charge in [-0.3, -0.25) is 4.98 Å². The molecule has 5 nitrogen and oxygen atoms in total. The lowest BCUT2D eigenvalue weighted by atomic mass is 10.2. The van der Waals surface area contributed by atoms with E-state index in [1.54, 1.807) is 12.4 Å². The Morgan fingerprint density at radius 1 is 0.720 bits per heavy atom. The zero-order valence-electron chi connectivity index (χ0n) is 13.5. The maximum absolute atomic E-state index is 5.85. The van der Waals surface area contributed by atoms with Crippen molar-refractivity contribution in [2.45, 2.75) is 6.54 Å². The molecule has 4 rings (SSSR count). The van der Waals surface area contributed by atoms with Crippen LogP contribution in [-0.2, 0) is 6.54 Å². The van der Waals surface area contributed by atoms with Gasteiger partial charge in [0.25, 0.3) is 0 Å². The number of hydrogen-bond acceptors (Lipinski definition) is 5. The van der Waals surface area contributed by atoms with Crippen LogP contribution in [0, 0.1) is 0 Å². The molecule has 0 amide bonds. The zero-order chi connectivity index (χ0) is 16.9. The van der Waals surface area contributed by atoms with Crippen molar-refractivity contribution in [2.24, 2.45) is 0 Å². The highest BCUT2D eigenvalue weighted by molar-refractivity contribution is 5.62. The first-order chi connectivity index (χ1) is 12.4. The number of anilines is 2. The Bertz CT molecular complexity index is 884. The van der Waals surface area contributed by atoms with Crippen LogP contribution in [-0.4, -0.2) is 15.2 Å². The van der Waals surface area contributed by atoms with E-state index in [2.05, 4.69) is 44.3 Å². The van der Waals surface area contributed by atoms with Crippen LogP contribution in [0.2, 0.25) is 0 Å². The van der Waals surface area contributed by atoms with Gasteiger partial charge in [-0.25, -0.2) is 0 Å². The van der Waals surface area contributed by atoms with Gasteiger partial charge in [0.05, 0.1) is 0 Å². The Balaban J connectivity index is 1.65. The molecular weight excluding hydrogens is 312 g/mol. The number of benzene rings is 2. The summed E-state index contributed by atoms with van der Waals surface area (Å²) < 4.78 is 5.85. The Labute approximate surface area is 145 Å². The number of pyridine rings is 1. The van der Waals surface area contributed by atoms with Crippen LogP contribution >= 0.6 is 0 Å². The number of rotatable bonds is 5. The number of para-hydroxylation sites is 2. The van der Waals surface area contributed by atoms with Crippen molar-refractivity contribution in [1.82, 2.24) is 15.2 Å². The van der Waals surface area contributed by atoms with Gasteiger partial charge in [-0.05, 0) is 36.4 Å². The van der Waals surface area contributed by atoms with E-state index in [0.717, 1.165) is 16.9 Å². The largest absolute Gasteiger partial charge is 0.419 e. The third-order valence-corrected chi connectivity index (χ3v) is 3.82. The first-order valence-corrected chi connectivity index (χ1v) is 8.00. The Kier molecular flexibility index (Phi) is 4.20. The molecular formula is C20H16N4O. The van der Waals surface area contributed by atoms with Gasteiger partial charge in [0, 0.05) is 29.3 Å². The Hall–Kier alpha value is -3.47. The number of aromatic nitrogens is 3. The molecule has 2 heterocycles. The van der Waals surface area contributed by atoms with Crippen LogP contribution < -0.4 is 4.90 Å². The summed E-state index contributed by atoms with van der Waals surface area (Å²) in [4.78, 5) is 6.15. The first-order valence-electron chi connectivity index (χ1n) is 8.00. The van der Waals surface area contributed by atoms with E-state index in [9.17, 15) is 0 Å². The van der Waals surface area contributed by atoms with Crippen molar-refractivity contribution in [3.8, 4) is 11.5 Å². The fraction of sp³-hybridized carbons (Fsp3) is 0.0500. The summed E-state index contributed by atoms with van der Waals surface area (Å²) in [5, 5.41) is 8.36. The lowest BCUT2D eigenvalue weighted by Gasteiger charge is -2.23. The molecule has 0 aliphatic rings. The average Bonchev–Trinajstić information content (AvgIpc) is 3.17. The molecule has 0 saturated carbocycles. The summed E-state index contributed by atoms with van der Waals surface area (Å²) in [6.07, 6.45) is 3.42. The normalized spacial score (nSPS) is 10.6. The molecule has 2 aromatic carbocycles. The molecule has 0 saturated heterocycles. The van der Waals surface area contributed by atoms with Gasteiger partial charge in [0.1, 0.15) is 6.54 Å². The molecule has 2 aromatic heterocycles. The van der Waals surface area contributed by atoms with E-state index in [1.165, 1.54) is 0 Å². The third kappa shape index (κ3) is 3.40. The highest BCUT2D eigenvalue weighted by atomic mass is 16.4. The highest BCUT2D eigenvalue weighted by Gasteiger charge is 2.15. The average molecular weight is 328 g/mol. The van der Waals surface area contributed by atoms with Crippen LogP contribution in [0.5, 0.6) is 0 Å². The third-order valence-electron chi connectivity index (χ3n) is 3.82. The van der Waals surface area contributed by atoms with E-state index in [0.29, 0.717) is 18.3 Å². The second kappa shape index (κ2) is 6.97. The highest BCUT2D eigenvalue weighted by Crippen LogP contribution is 2.27. The zero-order valence-corrected chi connectivity index (χ0v) is 13.5. The lowest BCUT2D eigenvalue weighted by molar-refractivity contribution is 0.506. The molecule has 122 valence electrons. The van der Waals surface area contributed by atoms with E-state index in [4.69, 9.17) is 4.42 Å².